The molecule has 0 amide bonds. The van der Waals surface area contributed by atoms with Gasteiger partial charge in [0.05, 0.1) is 13.8 Å². The van der Waals surface area contributed by atoms with Gasteiger partial charge in [0, 0.05) is 13.1 Å². The summed E-state index contributed by atoms with van der Waals surface area (Å²) in [5.41, 5.74) is 1.20. The van der Waals surface area contributed by atoms with Gasteiger partial charge in [-0.1, -0.05) is 36.4 Å². The summed E-state index contributed by atoms with van der Waals surface area (Å²) < 4.78 is 6.20. The quantitative estimate of drug-likeness (QED) is 0.573. The molecule has 6 nitrogen and oxygen atoms in total. The van der Waals surface area contributed by atoms with Crippen LogP contribution >= 0.6 is 0 Å². The van der Waals surface area contributed by atoms with E-state index in [0.717, 1.165) is 6.54 Å². The molecule has 0 bridgehead atoms. The molecule has 6 heteroatoms. The van der Waals surface area contributed by atoms with E-state index >= 15 is 0 Å². The van der Waals surface area contributed by atoms with Gasteiger partial charge in [0.1, 0.15) is 6.33 Å². The molecule has 2 rings (SSSR count). The Morgan fingerprint density at radius 2 is 2.19 bits per heavy atom. The monoisotopic (exact) mass is 286 g/mol. The zero-order valence-corrected chi connectivity index (χ0v) is 12.0. The number of esters is 1. The third kappa shape index (κ3) is 4.25. The number of ether oxygens (including phenoxy) is 1. The number of carbonyl (C=O) groups is 1. The number of aromatic nitrogens is 3. The summed E-state index contributed by atoms with van der Waals surface area (Å²) >= 11 is 0. The van der Waals surface area contributed by atoms with E-state index in [1.165, 1.54) is 19.0 Å². The molecule has 0 fully saturated rings. The minimum Gasteiger partial charge on any atom is -0.463 e. The maximum absolute atomic E-state index is 11.3. The summed E-state index contributed by atoms with van der Waals surface area (Å²) in [6.07, 6.45) is 3.36. The number of nitrogens with zero attached hydrogens (tertiary/aromatic N) is 4. The van der Waals surface area contributed by atoms with Gasteiger partial charge >= 0.3 is 5.97 Å². The summed E-state index contributed by atoms with van der Waals surface area (Å²) in [7, 11) is 1.31. The second kappa shape index (κ2) is 7.35. The zero-order chi connectivity index (χ0) is 15.1. The Balaban J connectivity index is 2.04. The lowest BCUT2D eigenvalue weighted by Gasteiger charge is -2.20. The molecule has 0 radical (unpaired) electrons. The number of carbonyl (C=O) groups excluding carboxylic acids is 1. The van der Waals surface area contributed by atoms with Gasteiger partial charge in [-0.25, -0.2) is 14.5 Å². The van der Waals surface area contributed by atoms with Crippen LogP contribution in [0.25, 0.3) is 0 Å². The van der Waals surface area contributed by atoms with Crippen LogP contribution in [0.4, 0.5) is 0 Å². The van der Waals surface area contributed by atoms with Crippen LogP contribution in [0.3, 0.4) is 0 Å². The molecule has 0 aliphatic carbocycles. The average Bonchev–Trinajstić information content (AvgIpc) is 2.96. The maximum Gasteiger partial charge on any atom is 0.377 e. The van der Waals surface area contributed by atoms with Gasteiger partial charge in [-0.15, -0.1) is 11.7 Å². The summed E-state index contributed by atoms with van der Waals surface area (Å²) in [5.74, 6) is -0.470. The van der Waals surface area contributed by atoms with Crippen molar-refractivity contribution in [2.75, 3.05) is 13.7 Å². The highest BCUT2D eigenvalue weighted by molar-refractivity contribution is 5.84. The predicted molar refractivity (Wildman–Crippen MR) is 78.4 cm³/mol. The average molecular weight is 286 g/mol. The van der Waals surface area contributed by atoms with Gasteiger partial charge < -0.3 is 4.74 Å². The third-order valence-electron chi connectivity index (χ3n) is 2.89. The molecule has 0 spiro atoms. The first-order valence-electron chi connectivity index (χ1n) is 6.58. The molecule has 0 saturated heterocycles. The van der Waals surface area contributed by atoms with E-state index in [2.05, 4.69) is 38.4 Å². The van der Waals surface area contributed by atoms with Crippen molar-refractivity contribution in [1.29, 1.82) is 0 Å². The Hall–Kier alpha value is -2.47. The van der Waals surface area contributed by atoms with Crippen LogP contribution in [-0.4, -0.2) is 39.3 Å². The Kier molecular flexibility index (Phi) is 5.22. The zero-order valence-electron chi connectivity index (χ0n) is 12.0. The molecule has 1 aromatic heterocycles. The molecular weight excluding hydrogens is 268 g/mol. The van der Waals surface area contributed by atoms with Crippen LogP contribution in [0.5, 0.6) is 0 Å². The first-order valence-corrected chi connectivity index (χ1v) is 6.58. The second-order valence-corrected chi connectivity index (χ2v) is 4.53. The van der Waals surface area contributed by atoms with Crippen molar-refractivity contribution in [2.45, 2.75) is 13.2 Å². The Bertz CT molecular complexity index is 595. The Morgan fingerprint density at radius 3 is 2.86 bits per heavy atom. The SMILES string of the molecule is C=CCN(Cc1ccccc1)Cn1cnc(C(=O)OC)n1. The van der Waals surface area contributed by atoms with Crippen molar-refractivity contribution in [3.8, 4) is 0 Å². The molecule has 1 aromatic carbocycles. The van der Waals surface area contributed by atoms with E-state index in [1.807, 2.05) is 24.3 Å². The van der Waals surface area contributed by atoms with Crippen LogP contribution in [-0.2, 0) is 18.0 Å². The number of hydrogen-bond donors (Lipinski definition) is 0. The highest BCUT2D eigenvalue weighted by atomic mass is 16.5. The standard InChI is InChI=1S/C15H18N4O2/c1-3-9-18(10-13-7-5-4-6-8-13)12-19-11-16-14(17-19)15(20)21-2/h3-8,11H,1,9-10,12H2,2H3. The highest BCUT2D eigenvalue weighted by Crippen LogP contribution is 2.06. The molecule has 2 aromatic rings. The molecule has 1 heterocycles. The molecule has 0 aliphatic rings. The minimum atomic E-state index is -0.535. The van der Waals surface area contributed by atoms with Gasteiger partial charge in [0.15, 0.2) is 0 Å². The smallest absolute Gasteiger partial charge is 0.377 e. The van der Waals surface area contributed by atoms with Gasteiger partial charge in [-0.2, -0.15) is 0 Å². The second-order valence-electron chi connectivity index (χ2n) is 4.53. The predicted octanol–water partition coefficient (Wildman–Crippen LogP) is 1.71. The van der Waals surface area contributed by atoms with E-state index in [9.17, 15) is 4.79 Å². The lowest BCUT2D eigenvalue weighted by molar-refractivity contribution is 0.0585. The largest absolute Gasteiger partial charge is 0.463 e. The van der Waals surface area contributed by atoms with Crippen LogP contribution in [0.15, 0.2) is 49.3 Å². The normalized spacial score (nSPS) is 10.6. The fourth-order valence-corrected chi connectivity index (χ4v) is 1.95. The Labute approximate surface area is 123 Å². The van der Waals surface area contributed by atoms with Crippen molar-refractivity contribution in [1.82, 2.24) is 19.7 Å². The molecule has 0 unspecified atom stereocenters. The van der Waals surface area contributed by atoms with Gasteiger partial charge in [-0.05, 0) is 5.56 Å². The van der Waals surface area contributed by atoms with Crippen LogP contribution in [0, 0.1) is 0 Å². The summed E-state index contributed by atoms with van der Waals surface area (Å²) in [5, 5.41) is 4.10. The van der Waals surface area contributed by atoms with E-state index in [0.29, 0.717) is 13.2 Å². The minimum absolute atomic E-state index is 0.0655. The summed E-state index contributed by atoms with van der Waals surface area (Å²) in [6, 6.07) is 10.1. The molecule has 0 atom stereocenters. The topological polar surface area (TPSA) is 60.2 Å². The van der Waals surface area contributed by atoms with Crippen molar-refractivity contribution in [3.63, 3.8) is 0 Å². The lowest BCUT2D eigenvalue weighted by Crippen LogP contribution is -2.26. The fraction of sp³-hybridized carbons (Fsp3) is 0.267. The van der Waals surface area contributed by atoms with E-state index in [1.54, 1.807) is 4.68 Å². The molecule has 0 aliphatic heterocycles. The van der Waals surface area contributed by atoms with E-state index in [4.69, 9.17) is 0 Å². The molecule has 0 saturated carbocycles. The Morgan fingerprint density at radius 1 is 1.43 bits per heavy atom. The van der Waals surface area contributed by atoms with Crippen LogP contribution < -0.4 is 0 Å². The fourth-order valence-electron chi connectivity index (χ4n) is 1.95. The lowest BCUT2D eigenvalue weighted by atomic mass is 10.2. The number of rotatable bonds is 7. The van der Waals surface area contributed by atoms with Crippen molar-refractivity contribution < 1.29 is 9.53 Å². The number of benzene rings is 1. The van der Waals surface area contributed by atoms with Gasteiger partial charge in [0.2, 0.25) is 0 Å². The van der Waals surface area contributed by atoms with Gasteiger partial charge in [-0.3, -0.25) is 4.90 Å². The molecule has 21 heavy (non-hydrogen) atoms. The molecular formula is C15H18N4O2. The first kappa shape index (κ1) is 14.9. The van der Waals surface area contributed by atoms with E-state index in [-0.39, 0.29) is 5.82 Å². The van der Waals surface area contributed by atoms with Crippen LogP contribution in [0.1, 0.15) is 16.2 Å². The maximum atomic E-state index is 11.3. The van der Waals surface area contributed by atoms with Crippen LogP contribution in [0.2, 0.25) is 0 Å². The molecule has 110 valence electrons. The summed E-state index contributed by atoms with van der Waals surface area (Å²) in [6.45, 7) is 5.76. The van der Waals surface area contributed by atoms with Gasteiger partial charge in [0.25, 0.3) is 5.82 Å². The number of hydrogen-bond acceptors (Lipinski definition) is 5. The molecule has 0 N–H and O–H groups in total. The van der Waals surface area contributed by atoms with E-state index < -0.39 is 5.97 Å². The number of methoxy groups -OCH3 is 1. The summed E-state index contributed by atoms with van der Waals surface area (Å²) in [4.78, 5) is 17.4. The van der Waals surface area contributed by atoms with Crippen molar-refractivity contribution in [3.05, 3.63) is 60.7 Å². The van der Waals surface area contributed by atoms with Crippen molar-refractivity contribution in [2.24, 2.45) is 0 Å². The third-order valence-corrected chi connectivity index (χ3v) is 2.89. The highest BCUT2D eigenvalue weighted by Gasteiger charge is 2.12. The first-order chi connectivity index (χ1) is 10.2. The van der Waals surface area contributed by atoms with Crippen molar-refractivity contribution >= 4 is 5.97 Å².